The molecule has 0 heterocycles. The van der Waals surface area contributed by atoms with Crippen molar-refractivity contribution in [2.24, 2.45) is 0 Å². The summed E-state index contributed by atoms with van der Waals surface area (Å²) in [5.41, 5.74) is 1.37. The second kappa shape index (κ2) is 5.65. The van der Waals surface area contributed by atoms with Crippen LogP contribution in [0.4, 0.5) is 5.69 Å². The van der Waals surface area contributed by atoms with Gasteiger partial charge >= 0.3 is 0 Å². The summed E-state index contributed by atoms with van der Waals surface area (Å²) < 4.78 is 24.5. The van der Waals surface area contributed by atoms with Crippen LogP contribution in [0.3, 0.4) is 0 Å². The van der Waals surface area contributed by atoms with Crippen molar-refractivity contribution in [2.45, 2.75) is 24.1 Å². The van der Waals surface area contributed by atoms with Crippen molar-refractivity contribution < 1.29 is 13.2 Å². The smallest absolute Gasteiger partial charge is 0.236 e. The van der Waals surface area contributed by atoms with Gasteiger partial charge in [-0.2, -0.15) is 0 Å². The average molecular weight is 314 g/mol. The highest BCUT2D eigenvalue weighted by Gasteiger charge is 2.49. The van der Waals surface area contributed by atoms with Gasteiger partial charge in [0.15, 0.2) is 0 Å². The van der Waals surface area contributed by atoms with Crippen LogP contribution in [0, 0.1) is 0 Å². The Hall–Kier alpha value is -1.21. The largest absolute Gasteiger partial charge is 0.351 e. The predicted molar refractivity (Wildman–Crippen MR) is 82.2 cm³/mol. The molecule has 0 aromatic heterocycles. The predicted octanol–water partition coefficient (Wildman–Crippen LogP) is 1.57. The Morgan fingerprint density at radius 1 is 1.40 bits per heavy atom. The van der Waals surface area contributed by atoms with Crippen molar-refractivity contribution in [3.8, 4) is 0 Å². The minimum absolute atomic E-state index is 0.0616. The summed E-state index contributed by atoms with van der Waals surface area (Å²) in [6, 6.07) is 7.01. The fraction of sp³-hybridized carbons (Fsp3) is 0.462. The molecule has 0 saturated heterocycles. The minimum atomic E-state index is -3.28. The van der Waals surface area contributed by atoms with Gasteiger partial charge in [0, 0.05) is 12.2 Å². The minimum Gasteiger partial charge on any atom is -0.351 e. The third kappa shape index (κ3) is 3.89. The standard InChI is InChI=1S/C13H18N2O3S2/c1-19-13(6-7-13)12(16)14-9-10-4-3-5-11(8-10)15-20(2,17)18/h3-5,8,15H,6-7,9H2,1-2H3,(H,14,16). The molecule has 1 aliphatic rings. The number of hydrogen-bond acceptors (Lipinski definition) is 4. The molecule has 1 aromatic carbocycles. The molecule has 0 aliphatic heterocycles. The number of nitrogens with one attached hydrogen (secondary N) is 2. The molecular weight excluding hydrogens is 296 g/mol. The molecule has 2 rings (SSSR count). The Morgan fingerprint density at radius 3 is 2.65 bits per heavy atom. The first-order chi connectivity index (χ1) is 9.35. The topological polar surface area (TPSA) is 75.3 Å². The fourth-order valence-electron chi connectivity index (χ4n) is 1.94. The third-order valence-electron chi connectivity index (χ3n) is 3.19. The monoisotopic (exact) mass is 314 g/mol. The van der Waals surface area contributed by atoms with Gasteiger partial charge in [0.25, 0.3) is 0 Å². The van der Waals surface area contributed by atoms with Gasteiger partial charge in [0.1, 0.15) is 0 Å². The lowest BCUT2D eigenvalue weighted by atomic mass is 10.2. The summed E-state index contributed by atoms with van der Waals surface area (Å²) in [6.45, 7) is 0.403. The second-order valence-electron chi connectivity index (χ2n) is 4.96. The molecule has 0 radical (unpaired) electrons. The maximum absolute atomic E-state index is 12.0. The van der Waals surface area contributed by atoms with Gasteiger partial charge in [-0.05, 0) is 36.8 Å². The van der Waals surface area contributed by atoms with Crippen molar-refractivity contribution in [3.05, 3.63) is 29.8 Å². The Bertz CT molecular complexity index is 610. The van der Waals surface area contributed by atoms with Gasteiger partial charge in [0.2, 0.25) is 15.9 Å². The first kappa shape index (κ1) is 15.2. The van der Waals surface area contributed by atoms with E-state index in [1.807, 2.05) is 12.3 Å². The lowest BCUT2D eigenvalue weighted by Gasteiger charge is -2.13. The van der Waals surface area contributed by atoms with E-state index in [2.05, 4.69) is 10.0 Å². The normalized spacial score (nSPS) is 16.5. The Labute approximate surface area is 123 Å². The highest BCUT2D eigenvalue weighted by Crippen LogP contribution is 2.47. The molecule has 1 aliphatic carbocycles. The van der Waals surface area contributed by atoms with Gasteiger partial charge in [-0.15, -0.1) is 11.8 Å². The molecule has 7 heteroatoms. The van der Waals surface area contributed by atoms with E-state index in [-0.39, 0.29) is 10.7 Å². The van der Waals surface area contributed by atoms with Crippen molar-refractivity contribution >= 4 is 33.4 Å². The van der Waals surface area contributed by atoms with E-state index >= 15 is 0 Å². The molecule has 0 atom stereocenters. The summed E-state index contributed by atoms with van der Waals surface area (Å²) in [5, 5.41) is 2.91. The van der Waals surface area contributed by atoms with Crippen molar-refractivity contribution in [1.82, 2.24) is 5.32 Å². The van der Waals surface area contributed by atoms with Gasteiger partial charge in [0.05, 0.1) is 11.0 Å². The van der Waals surface area contributed by atoms with E-state index in [4.69, 9.17) is 0 Å². The molecule has 0 spiro atoms. The molecule has 1 amide bonds. The van der Waals surface area contributed by atoms with Gasteiger partial charge in [-0.25, -0.2) is 8.42 Å². The summed E-state index contributed by atoms with van der Waals surface area (Å²) in [6.07, 6.45) is 4.91. The first-order valence-electron chi connectivity index (χ1n) is 6.25. The number of carbonyl (C=O) groups excluding carboxylic acids is 1. The van der Waals surface area contributed by atoms with Crippen molar-refractivity contribution in [3.63, 3.8) is 0 Å². The molecule has 110 valence electrons. The lowest BCUT2D eigenvalue weighted by Crippen LogP contribution is -2.33. The Balaban J connectivity index is 1.97. The summed E-state index contributed by atoms with van der Waals surface area (Å²) in [7, 11) is -3.28. The molecule has 0 bridgehead atoms. The Kier molecular flexibility index (Phi) is 4.29. The SMILES string of the molecule is CSC1(C(=O)NCc2cccc(NS(C)(=O)=O)c2)CC1. The van der Waals surface area contributed by atoms with Gasteiger partial charge in [-0.1, -0.05) is 12.1 Å². The van der Waals surface area contributed by atoms with Crippen LogP contribution in [0.25, 0.3) is 0 Å². The molecule has 1 fully saturated rings. The zero-order valence-corrected chi connectivity index (χ0v) is 13.1. The van der Waals surface area contributed by atoms with Crippen molar-refractivity contribution in [2.75, 3.05) is 17.2 Å². The number of carbonyl (C=O) groups is 1. The molecular formula is C13H18N2O3S2. The van der Waals surface area contributed by atoms with Crippen LogP contribution in [0.15, 0.2) is 24.3 Å². The summed E-state index contributed by atoms with van der Waals surface area (Å²) in [4.78, 5) is 12.0. The maximum Gasteiger partial charge on any atom is 0.236 e. The number of hydrogen-bond donors (Lipinski definition) is 2. The zero-order valence-electron chi connectivity index (χ0n) is 11.5. The molecule has 1 aromatic rings. The molecule has 20 heavy (non-hydrogen) atoms. The average Bonchev–Trinajstić information content (AvgIpc) is 3.15. The molecule has 0 unspecified atom stereocenters. The quantitative estimate of drug-likeness (QED) is 0.836. The van der Waals surface area contributed by atoms with Gasteiger partial charge < -0.3 is 5.32 Å². The third-order valence-corrected chi connectivity index (χ3v) is 5.17. The molecule has 5 nitrogen and oxygen atoms in total. The number of anilines is 1. The molecule has 2 N–H and O–H groups in total. The highest BCUT2D eigenvalue weighted by atomic mass is 32.2. The maximum atomic E-state index is 12.0. The van der Waals surface area contributed by atoms with Crippen LogP contribution in [0.1, 0.15) is 18.4 Å². The van der Waals surface area contributed by atoms with Crippen LogP contribution >= 0.6 is 11.8 Å². The van der Waals surface area contributed by atoms with Crippen molar-refractivity contribution in [1.29, 1.82) is 0 Å². The van der Waals surface area contributed by atoms with Crippen LogP contribution < -0.4 is 10.0 Å². The van der Waals surface area contributed by atoms with E-state index in [0.29, 0.717) is 12.2 Å². The summed E-state index contributed by atoms with van der Waals surface area (Å²) in [5.74, 6) is 0.0616. The van der Waals surface area contributed by atoms with E-state index in [1.165, 1.54) is 0 Å². The number of amides is 1. The van der Waals surface area contributed by atoms with E-state index in [0.717, 1.165) is 24.7 Å². The number of thioether (sulfide) groups is 1. The van der Waals surface area contributed by atoms with Crippen LogP contribution in [-0.4, -0.2) is 31.6 Å². The number of sulfonamides is 1. The first-order valence-corrected chi connectivity index (χ1v) is 9.36. The number of rotatable bonds is 6. The van der Waals surface area contributed by atoms with E-state index < -0.39 is 10.0 Å². The zero-order chi connectivity index (χ0) is 14.8. The lowest BCUT2D eigenvalue weighted by molar-refractivity contribution is -0.121. The van der Waals surface area contributed by atoms with E-state index in [9.17, 15) is 13.2 Å². The van der Waals surface area contributed by atoms with Crippen LogP contribution in [0.2, 0.25) is 0 Å². The Morgan fingerprint density at radius 2 is 2.10 bits per heavy atom. The molecule has 1 saturated carbocycles. The fourth-order valence-corrected chi connectivity index (χ4v) is 3.26. The van der Waals surface area contributed by atoms with Gasteiger partial charge in [-0.3, -0.25) is 9.52 Å². The van der Waals surface area contributed by atoms with Crippen LogP contribution in [-0.2, 0) is 21.4 Å². The van der Waals surface area contributed by atoms with Crippen LogP contribution in [0.5, 0.6) is 0 Å². The van der Waals surface area contributed by atoms with E-state index in [1.54, 1.807) is 30.0 Å². The second-order valence-corrected chi connectivity index (χ2v) is 7.89. The summed E-state index contributed by atoms with van der Waals surface area (Å²) >= 11 is 1.59. The number of benzene rings is 1. The highest BCUT2D eigenvalue weighted by molar-refractivity contribution is 8.01.